The van der Waals surface area contributed by atoms with Crippen molar-refractivity contribution in [3.8, 4) is 11.5 Å². The number of phenolic OH excluding ortho intramolecular Hbond substituents is 2. The van der Waals surface area contributed by atoms with Gasteiger partial charge in [-0.2, -0.15) is 0 Å². The molecular formula is C27H37NO9. The first-order valence-corrected chi connectivity index (χ1v) is 13.3. The molecule has 10 nitrogen and oxygen atoms in total. The van der Waals surface area contributed by atoms with Gasteiger partial charge < -0.3 is 29.7 Å². The number of carbonyl (C=O) groups is 2. The highest BCUT2D eigenvalue weighted by Crippen LogP contribution is 2.60. The number of fused-ring (bicyclic) bond motifs is 2. The Bertz CT molecular complexity index is 1030. The number of rotatable bonds is 7. The molecule has 8 atom stereocenters. The van der Waals surface area contributed by atoms with Crippen molar-refractivity contribution in [2.45, 2.75) is 89.7 Å². The summed E-state index contributed by atoms with van der Waals surface area (Å²) in [6.45, 7) is 6.44. The lowest BCUT2D eigenvalue weighted by Gasteiger charge is -2.59. The second-order valence-corrected chi connectivity index (χ2v) is 11.2. The molecule has 0 aromatic heterocycles. The average Bonchev–Trinajstić information content (AvgIpc) is 3.09. The summed E-state index contributed by atoms with van der Waals surface area (Å²) in [6, 6.07) is 4.52. The van der Waals surface area contributed by atoms with E-state index in [1.54, 1.807) is 6.07 Å². The van der Waals surface area contributed by atoms with Crippen molar-refractivity contribution < 1.29 is 43.8 Å². The summed E-state index contributed by atoms with van der Waals surface area (Å²) in [7, 11) is 0. The van der Waals surface area contributed by atoms with Gasteiger partial charge in [-0.25, -0.2) is 9.78 Å². The van der Waals surface area contributed by atoms with Crippen LogP contribution in [0.25, 0.3) is 0 Å². The highest BCUT2D eigenvalue weighted by Gasteiger charge is 2.69. The van der Waals surface area contributed by atoms with E-state index >= 15 is 0 Å². The number of amides is 1. The van der Waals surface area contributed by atoms with E-state index in [0.717, 1.165) is 24.8 Å². The molecule has 1 aromatic rings. The standard InChI is InChI=1S/C27H37NO9/c1-15-4-6-19-16(2)24(34-25-27(19)18(15)10-12-26(3,35-25)36-37-27)33-23(32)9-8-22(31)28-13-11-17-5-7-20(29)21(30)14-17/h5,7,14-16,18-19,24-25,29-30H,4,6,8-13H2,1-3H3,(H,28,31)/t15-,16-,18-,19-,24-,25-,26-,27-/m1/s1. The molecule has 1 aromatic carbocycles. The second-order valence-electron chi connectivity index (χ2n) is 11.2. The largest absolute Gasteiger partial charge is 0.504 e. The Morgan fingerprint density at radius 1 is 1.08 bits per heavy atom. The number of hydrogen-bond acceptors (Lipinski definition) is 9. The van der Waals surface area contributed by atoms with E-state index < -0.39 is 29.9 Å². The predicted molar refractivity (Wildman–Crippen MR) is 129 cm³/mol. The lowest BCUT2D eigenvalue weighted by molar-refractivity contribution is -0.576. The fraction of sp³-hybridized carbons (Fsp3) is 0.704. The van der Waals surface area contributed by atoms with Crippen LogP contribution >= 0.6 is 0 Å². The molecule has 4 heterocycles. The van der Waals surface area contributed by atoms with Gasteiger partial charge in [0.1, 0.15) is 0 Å². The van der Waals surface area contributed by atoms with Gasteiger partial charge in [-0.1, -0.05) is 19.9 Å². The van der Waals surface area contributed by atoms with Crippen LogP contribution in [0.5, 0.6) is 11.5 Å². The molecule has 1 saturated carbocycles. The minimum absolute atomic E-state index is 0.0112. The van der Waals surface area contributed by atoms with Gasteiger partial charge in [-0.15, -0.1) is 0 Å². The molecule has 10 heteroatoms. The Balaban J connectivity index is 1.14. The van der Waals surface area contributed by atoms with Crippen molar-refractivity contribution in [2.75, 3.05) is 6.54 Å². The number of carbonyl (C=O) groups excluding carboxylic acids is 2. The number of phenols is 2. The SMILES string of the molecule is C[C@H]1[C@H](OC(=O)CCC(=O)NCCc2ccc(O)c(O)c2)O[C@@H]2O[C@@]3(C)CC[C@@H]4[C@H](C)CC[C@H]1[C@@]24OO3. The summed E-state index contributed by atoms with van der Waals surface area (Å²) < 4.78 is 18.3. The normalized spacial score (nSPS) is 38.4. The third-order valence-electron chi connectivity index (χ3n) is 8.68. The molecular weight excluding hydrogens is 482 g/mol. The number of benzene rings is 1. The molecule has 1 spiro atoms. The van der Waals surface area contributed by atoms with Gasteiger partial charge in [0.2, 0.25) is 18.0 Å². The summed E-state index contributed by atoms with van der Waals surface area (Å²) in [5, 5.41) is 21.7. The maximum atomic E-state index is 12.7. The topological polar surface area (TPSA) is 133 Å². The van der Waals surface area contributed by atoms with Crippen LogP contribution in [-0.2, 0) is 40.0 Å². The maximum absolute atomic E-state index is 12.7. The van der Waals surface area contributed by atoms with Crippen molar-refractivity contribution in [3.05, 3.63) is 23.8 Å². The van der Waals surface area contributed by atoms with Crippen molar-refractivity contribution in [3.63, 3.8) is 0 Å². The molecule has 5 fully saturated rings. The van der Waals surface area contributed by atoms with E-state index in [4.69, 9.17) is 24.0 Å². The zero-order chi connectivity index (χ0) is 26.4. The van der Waals surface area contributed by atoms with Gasteiger partial charge in [0.15, 0.2) is 23.4 Å². The maximum Gasteiger partial charge on any atom is 0.308 e. The van der Waals surface area contributed by atoms with E-state index in [2.05, 4.69) is 12.2 Å². The lowest BCUT2D eigenvalue weighted by atomic mass is 9.58. The van der Waals surface area contributed by atoms with E-state index in [1.807, 2.05) is 13.8 Å². The highest BCUT2D eigenvalue weighted by molar-refractivity contribution is 5.81. The van der Waals surface area contributed by atoms with Gasteiger partial charge in [0, 0.05) is 31.2 Å². The van der Waals surface area contributed by atoms with Crippen LogP contribution < -0.4 is 5.32 Å². The first-order valence-electron chi connectivity index (χ1n) is 13.3. The fourth-order valence-corrected chi connectivity index (χ4v) is 6.57. The van der Waals surface area contributed by atoms with Crippen LogP contribution in [0.15, 0.2) is 18.2 Å². The van der Waals surface area contributed by atoms with Gasteiger partial charge in [0.05, 0.1) is 6.42 Å². The molecule has 1 amide bonds. The minimum Gasteiger partial charge on any atom is -0.504 e. The molecule has 6 rings (SSSR count). The Morgan fingerprint density at radius 3 is 2.68 bits per heavy atom. The summed E-state index contributed by atoms with van der Waals surface area (Å²) in [5.74, 6) is -1.47. The highest BCUT2D eigenvalue weighted by atomic mass is 17.3. The Labute approximate surface area is 216 Å². The predicted octanol–water partition coefficient (Wildman–Crippen LogP) is 3.29. The van der Waals surface area contributed by atoms with Crippen LogP contribution in [0.2, 0.25) is 0 Å². The van der Waals surface area contributed by atoms with Crippen molar-refractivity contribution >= 4 is 11.9 Å². The zero-order valence-electron chi connectivity index (χ0n) is 21.6. The molecule has 5 aliphatic rings. The van der Waals surface area contributed by atoms with Crippen LogP contribution in [0.1, 0.15) is 64.9 Å². The molecule has 0 radical (unpaired) electrons. The Kier molecular flexibility index (Phi) is 7.12. The number of hydrogen-bond donors (Lipinski definition) is 3. The lowest BCUT2D eigenvalue weighted by Crippen LogP contribution is -2.70. The van der Waals surface area contributed by atoms with Crippen LogP contribution in [0, 0.1) is 23.7 Å². The van der Waals surface area contributed by atoms with E-state index in [9.17, 15) is 19.8 Å². The van der Waals surface area contributed by atoms with Gasteiger partial charge in [-0.3, -0.25) is 9.59 Å². The van der Waals surface area contributed by atoms with Crippen molar-refractivity contribution in [2.24, 2.45) is 23.7 Å². The monoisotopic (exact) mass is 519 g/mol. The van der Waals surface area contributed by atoms with Gasteiger partial charge in [0.25, 0.3) is 0 Å². The van der Waals surface area contributed by atoms with Gasteiger partial charge >= 0.3 is 5.97 Å². The molecule has 3 N–H and O–H groups in total. The summed E-state index contributed by atoms with van der Waals surface area (Å²) in [5.41, 5.74) is 0.0534. The molecule has 0 unspecified atom stereocenters. The Morgan fingerprint density at radius 2 is 1.89 bits per heavy atom. The molecule has 1 aliphatic carbocycles. The van der Waals surface area contributed by atoms with E-state index in [-0.39, 0.29) is 48.0 Å². The molecule has 37 heavy (non-hydrogen) atoms. The molecule has 4 aliphatic heterocycles. The zero-order valence-corrected chi connectivity index (χ0v) is 21.6. The van der Waals surface area contributed by atoms with Gasteiger partial charge in [-0.05, 0) is 62.1 Å². The summed E-state index contributed by atoms with van der Waals surface area (Å²) in [6.07, 6.45) is 2.50. The van der Waals surface area contributed by atoms with Crippen LogP contribution in [0.4, 0.5) is 0 Å². The Hall–Kier alpha value is -2.40. The van der Waals surface area contributed by atoms with E-state index in [1.165, 1.54) is 12.1 Å². The molecule has 2 bridgehead atoms. The number of ether oxygens (including phenoxy) is 3. The van der Waals surface area contributed by atoms with Crippen LogP contribution in [-0.4, -0.2) is 52.6 Å². The average molecular weight is 520 g/mol. The fourth-order valence-electron chi connectivity index (χ4n) is 6.57. The van der Waals surface area contributed by atoms with Crippen LogP contribution in [0.3, 0.4) is 0 Å². The summed E-state index contributed by atoms with van der Waals surface area (Å²) in [4.78, 5) is 36.8. The first-order chi connectivity index (χ1) is 17.6. The number of aromatic hydroxyl groups is 2. The molecule has 4 saturated heterocycles. The smallest absolute Gasteiger partial charge is 0.308 e. The second kappa shape index (κ2) is 10.1. The van der Waals surface area contributed by atoms with Crippen molar-refractivity contribution in [1.29, 1.82) is 0 Å². The minimum atomic E-state index is -0.899. The van der Waals surface area contributed by atoms with Crippen molar-refractivity contribution in [1.82, 2.24) is 5.32 Å². The third-order valence-corrected chi connectivity index (χ3v) is 8.68. The molecule has 204 valence electrons. The third kappa shape index (κ3) is 4.92. The number of esters is 1. The quantitative estimate of drug-likeness (QED) is 0.282. The first kappa shape index (κ1) is 26.2. The van der Waals surface area contributed by atoms with E-state index in [0.29, 0.717) is 25.3 Å². The number of nitrogens with one attached hydrogen (secondary N) is 1. The summed E-state index contributed by atoms with van der Waals surface area (Å²) >= 11 is 0.